The van der Waals surface area contributed by atoms with Crippen LogP contribution in [0.5, 0.6) is 0 Å². The fourth-order valence-corrected chi connectivity index (χ4v) is 1.71. The highest BCUT2D eigenvalue weighted by molar-refractivity contribution is 7.89. The van der Waals surface area contributed by atoms with E-state index in [-0.39, 0.29) is 10.7 Å². The van der Waals surface area contributed by atoms with Gasteiger partial charge in [0.2, 0.25) is 10.0 Å². The van der Waals surface area contributed by atoms with Crippen molar-refractivity contribution in [2.75, 3.05) is 5.43 Å². The predicted octanol–water partition coefficient (Wildman–Crippen LogP) is -0.541. The number of nitrogens with zero attached hydrogens (tertiary/aromatic N) is 3. The summed E-state index contributed by atoms with van der Waals surface area (Å²) < 4.78 is 22.1. The number of rotatable bonds is 3. The number of hydrogen-bond donors (Lipinski definition) is 3. The number of sulfonamides is 1. The molecule has 0 atom stereocenters. The molecule has 0 spiro atoms. The summed E-state index contributed by atoms with van der Waals surface area (Å²) >= 11 is 0. The van der Waals surface area contributed by atoms with Gasteiger partial charge in [-0.15, -0.1) is 5.10 Å². The SMILES string of the molecule is NC1=NN=C/C1=N\Nc1ccc(S(N)(=O)=O)cc1. The molecule has 0 amide bonds. The van der Waals surface area contributed by atoms with Gasteiger partial charge in [0.1, 0.15) is 5.71 Å². The van der Waals surface area contributed by atoms with E-state index in [1.54, 1.807) is 0 Å². The maximum Gasteiger partial charge on any atom is 0.238 e. The molecule has 18 heavy (non-hydrogen) atoms. The van der Waals surface area contributed by atoms with Crippen molar-refractivity contribution in [1.82, 2.24) is 0 Å². The average molecular weight is 266 g/mol. The third kappa shape index (κ3) is 2.70. The molecule has 0 saturated heterocycles. The zero-order valence-electron chi connectivity index (χ0n) is 9.11. The smallest absolute Gasteiger partial charge is 0.238 e. The number of hydrazone groups is 1. The van der Waals surface area contributed by atoms with Gasteiger partial charge in [-0.05, 0) is 24.3 Å². The van der Waals surface area contributed by atoms with Gasteiger partial charge < -0.3 is 5.73 Å². The molecule has 94 valence electrons. The van der Waals surface area contributed by atoms with Crippen LogP contribution in [0, 0.1) is 0 Å². The minimum Gasteiger partial charge on any atom is -0.380 e. The molecule has 0 fully saturated rings. The van der Waals surface area contributed by atoms with Gasteiger partial charge in [-0.1, -0.05) is 0 Å². The largest absolute Gasteiger partial charge is 0.380 e. The van der Waals surface area contributed by atoms with Crippen LogP contribution in [0.2, 0.25) is 0 Å². The maximum absolute atomic E-state index is 11.0. The fourth-order valence-electron chi connectivity index (χ4n) is 1.19. The third-order valence-electron chi connectivity index (χ3n) is 2.10. The second kappa shape index (κ2) is 4.55. The Labute approximate surface area is 103 Å². The summed E-state index contributed by atoms with van der Waals surface area (Å²) in [5.41, 5.74) is 9.17. The zero-order valence-corrected chi connectivity index (χ0v) is 9.92. The number of hydrogen-bond acceptors (Lipinski definition) is 7. The molecule has 1 aromatic carbocycles. The monoisotopic (exact) mass is 266 g/mol. The van der Waals surface area contributed by atoms with Gasteiger partial charge in [0.15, 0.2) is 5.84 Å². The number of primary sulfonamides is 1. The van der Waals surface area contributed by atoms with Crippen molar-refractivity contribution in [3.8, 4) is 0 Å². The van der Waals surface area contributed by atoms with Gasteiger partial charge in [0.25, 0.3) is 0 Å². The highest BCUT2D eigenvalue weighted by Gasteiger charge is 2.08. The van der Waals surface area contributed by atoms with Crippen molar-refractivity contribution in [2.24, 2.45) is 26.2 Å². The second-order valence-electron chi connectivity index (χ2n) is 3.41. The Morgan fingerprint density at radius 3 is 2.39 bits per heavy atom. The van der Waals surface area contributed by atoms with Gasteiger partial charge in [0, 0.05) is 0 Å². The summed E-state index contributed by atoms with van der Waals surface area (Å²) in [6.07, 6.45) is 1.40. The Morgan fingerprint density at radius 2 is 1.89 bits per heavy atom. The van der Waals surface area contributed by atoms with Crippen LogP contribution in [0.4, 0.5) is 5.69 Å². The first kappa shape index (κ1) is 12.2. The molecular formula is C9H10N6O2S. The molecule has 0 aliphatic carbocycles. The number of anilines is 1. The number of benzene rings is 1. The summed E-state index contributed by atoms with van der Waals surface area (Å²) in [4.78, 5) is 0.0317. The summed E-state index contributed by atoms with van der Waals surface area (Å²) in [5, 5.41) is 16.1. The lowest BCUT2D eigenvalue weighted by Crippen LogP contribution is -2.22. The van der Waals surface area contributed by atoms with Crippen molar-refractivity contribution in [3.63, 3.8) is 0 Å². The molecule has 0 radical (unpaired) electrons. The molecule has 1 heterocycles. The van der Waals surface area contributed by atoms with Gasteiger partial charge in [0.05, 0.1) is 16.8 Å². The summed E-state index contributed by atoms with van der Waals surface area (Å²) in [7, 11) is -3.68. The Morgan fingerprint density at radius 1 is 1.22 bits per heavy atom. The van der Waals surface area contributed by atoms with Crippen LogP contribution in [0.25, 0.3) is 0 Å². The van der Waals surface area contributed by atoms with Crippen molar-refractivity contribution < 1.29 is 8.42 Å². The average Bonchev–Trinajstić information content (AvgIpc) is 2.72. The number of amidine groups is 1. The minimum absolute atomic E-state index is 0.0317. The van der Waals surface area contributed by atoms with Gasteiger partial charge in [-0.2, -0.15) is 10.2 Å². The molecule has 2 rings (SSSR count). The van der Waals surface area contributed by atoms with E-state index in [0.29, 0.717) is 11.4 Å². The molecule has 0 unspecified atom stereocenters. The molecule has 1 aromatic rings. The quantitative estimate of drug-likeness (QED) is 0.633. The Balaban J connectivity index is 2.13. The summed E-state index contributed by atoms with van der Waals surface area (Å²) in [6, 6.07) is 5.81. The van der Waals surface area contributed by atoms with Crippen LogP contribution in [-0.4, -0.2) is 26.2 Å². The van der Waals surface area contributed by atoms with Gasteiger partial charge >= 0.3 is 0 Å². The predicted molar refractivity (Wildman–Crippen MR) is 69.0 cm³/mol. The zero-order chi connectivity index (χ0) is 13.2. The minimum atomic E-state index is -3.68. The fraction of sp³-hybridized carbons (Fsp3) is 0. The standard InChI is InChI=1S/C9H10N6O2S/c10-9-8(5-12-15-9)14-13-6-1-3-7(4-2-6)18(11,16)17/h1-5,13H,(H2,10,14,15)(H2,11,16,17). The molecule has 1 aliphatic rings. The molecule has 8 nitrogen and oxygen atoms in total. The first-order valence-corrected chi connectivity index (χ1v) is 6.35. The van der Waals surface area contributed by atoms with Gasteiger partial charge in [-0.25, -0.2) is 13.6 Å². The molecule has 9 heteroatoms. The Hall–Kier alpha value is -2.26. The molecule has 0 aromatic heterocycles. The Bertz CT molecular complexity index is 644. The van der Waals surface area contributed by atoms with E-state index in [1.807, 2.05) is 0 Å². The highest BCUT2D eigenvalue weighted by atomic mass is 32.2. The van der Waals surface area contributed by atoms with E-state index in [4.69, 9.17) is 10.9 Å². The molecule has 0 bridgehead atoms. The van der Waals surface area contributed by atoms with Crippen LogP contribution >= 0.6 is 0 Å². The van der Waals surface area contributed by atoms with E-state index >= 15 is 0 Å². The van der Waals surface area contributed by atoms with E-state index < -0.39 is 10.0 Å². The normalized spacial score (nSPS) is 16.9. The highest BCUT2D eigenvalue weighted by Crippen LogP contribution is 2.12. The van der Waals surface area contributed by atoms with Crippen LogP contribution in [0.1, 0.15) is 0 Å². The lowest BCUT2D eigenvalue weighted by Gasteiger charge is -2.02. The second-order valence-corrected chi connectivity index (χ2v) is 4.97. The number of nitrogens with two attached hydrogens (primary N) is 2. The van der Waals surface area contributed by atoms with Gasteiger partial charge in [-0.3, -0.25) is 5.43 Å². The van der Waals surface area contributed by atoms with Crippen molar-refractivity contribution in [3.05, 3.63) is 24.3 Å². The van der Waals surface area contributed by atoms with Crippen molar-refractivity contribution >= 4 is 33.5 Å². The molecular weight excluding hydrogens is 256 g/mol. The number of nitrogens with one attached hydrogen (secondary N) is 1. The molecule has 5 N–H and O–H groups in total. The molecule has 1 aliphatic heterocycles. The Kier molecular flexibility index (Phi) is 3.08. The topological polar surface area (TPSA) is 135 Å². The summed E-state index contributed by atoms with van der Waals surface area (Å²) in [6.45, 7) is 0. The maximum atomic E-state index is 11.0. The lowest BCUT2D eigenvalue weighted by molar-refractivity contribution is 0.598. The van der Waals surface area contributed by atoms with Crippen LogP contribution in [0.3, 0.4) is 0 Å². The van der Waals surface area contributed by atoms with Crippen LogP contribution in [0.15, 0.2) is 44.5 Å². The third-order valence-corrected chi connectivity index (χ3v) is 3.03. The van der Waals surface area contributed by atoms with E-state index in [1.165, 1.54) is 30.5 Å². The van der Waals surface area contributed by atoms with E-state index in [9.17, 15) is 8.42 Å². The molecule has 0 saturated carbocycles. The first-order valence-electron chi connectivity index (χ1n) is 4.80. The van der Waals surface area contributed by atoms with E-state index in [0.717, 1.165) is 0 Å². The first-order chi connectivity index (χ1) is 8.47. The van der Waals surface area contributed by atoms with Crippen LogP contribution in [-0.2, 0) is 10.0 Å². The van der Waals surface area contributed by atoms with Crippen LogP contribution < -0.4 is 16.3 Å². The lowest BCUT2D eigenvalue weighted by atomic mass is 10.3. The van der Waals surface area contributed by atoms with E-state index in [2.05, 4.69) is 20.7 Å². The van der Waals surface area contributed by atoms with Crippen molar-refractivity contribution in [1.29, 1.82) is 0 Å². The summed E-state index contributed by atoms with van der Waals surface area (Å²) in [5.74, 6) is 0.212. The van der Waals surface area contributed by atoms with Crippen molar-refractivity contribution in [2.45, 2.75) is 4.90 Å².